The molecule has 3 aromatic carbocycles. The maximum atomic E-state index is 15.4. The molecule has 0 saturated carbocycles. The lowest BCUT2D eigenvalue weighted by atomic mass is 9.84. The van der Waals surface area contributed by atoms with Crippen LogP contribution in [0.4, 0.5) is 24.1 Å². The first-order valence-electron chi connectivity index (χ1n) is 24.7. The maximum absolute atomic E-state index is 15.4. The molecule has 0 radical (unpaired) electrons. The van der Waals surface area contributed by atoms with Gasteiger partial charge in [0.1, 0.15) is 37.0 Å². The summed E-state index contributed by atoms with van der Waals surface area (Å²) >= 11 is 0. The number of carbonyl (C=O) groups excluding carboxylic acids is 6. The summed E-state index contributed by atoms with van der Waals surface area (Å²) in [7, 11) is 0. The number of primary amides is 1. The van der Waals surface area contributed by atoms with Gasteiger partial charge in [0.05, 0.1) is 11.7 Å². The van der Waals surface area contributed by atoms with Gasteiger partial charge in [0.2, 0.25) is 17.7 Å². The summed E-state index contributed by atoms with van der Waals surface area (Å²) in [6.07, 6.45) is 3.50. The van der Waals surface area contributed by atoms with Crippen LogP contribution in [-0.2, 0) is 41.8 Å². The number of nitrogens with zero attached hydrogens (tertiary/aromatic N) is 3. The lowest BCUT2D eigenvalue weighted by molar-refractivity contribution is -0.141. The number of aromatic nitrogens is 2. The number of imidazole rings is 1. The summed E-state index contributed by atoms with van der Waals surface area (Å²) in [5.74, 6) is -2.36. The van der Waals surface area contributed by atoms with Crippen LogP contribution in [0.25, 0.3) is 11.3 Å². The predicted molar refractivity (Wildman–Crippen MR) is 275 cm³/mol. The van der Waals surface area contributed by atoms with E-state index >= 15 is 4.39 Å². The van der Waals surface area contributed by atoms with Crippen LogP contribution in [0.3, 0.4) is 0 Å². The summed E-state index contributed by atoms with van der Waals surface area (Å²) in [4.78, 5) is 84.8. The van der Waals surface area contributed by atoms with Crippen LogP contribution in [0.5, 0.6) is 0 Å². The number of nitrogens with two attached hydrogens (primary N) is 3. The number of halogens is 2. The van der Waals surface area contributed by atoms with Crippen molar-refractivity contribution in [2.45, 2.75) is 124 Å². The summed E-state index contributed by atoms with van der Waals surface area (Å²) in [5.41, 5.74) is 19.3. The van der Waals surface area contributed by atoms with E-state index in [-0.39, 0.29) is 56.3 Å². The van der Waals surface area contributed by atoms with Gasteiger partial charge in [0, 0.05) is 49.5 Å². The third-order valence-corrected chi connectivity index (χ3v) is 11.9. The minimum atomic E-state index is -1.15. The van der Waals surface area contributed by atoms with Gasteiger partial charge in [-0.3, -0.25) is 19.2 Å². The average molecular weight is 1020 g/mol. The third kappa shape index (κ3) is 19.2. The number of anilines is 1. The van der Waals surface area contributed by atoms with E-state index in [1.54, 1.807) is 56.4 Å². The number of rotatable bonds is 28. The number of hydrogen-bond donors (Lipinski definition) is 7. The largest absolute Gasteiger partial charge is 0.509 e. The van der Waals surface area contributed by atoms with Crippen LogP contribution in [0.15, 0.2) is 79.0 Å². The first-order valence-corrected chi connectivity index (χ1v) is 24.7. The Morgan fingerprint density at radius 1 is 0.863 bits per heavy atom. The number of urea groups is 1. The van der Waals surface area contributed by atoms with Crippen molar-refractivity contribution in [1.82, 2.24) is 30.4 Å². The molecule has 6 amide bonds. The first-order chi connectivity index (χ1) is 34.7. The predicted octanol–water partition coefficient (Wildman–Crippen LogP) is 6.53. The smallest absolute Gasteiger partial charge is 0.429 e. The Bertz CT molecular complexity index is 2430. The van der Waals surface area contributed by atoms with Crippen molar-refractivity contribution in [2.24, 2.45) is 28.5 Å². The molecule has 0 aliphatic heterocycles. The molecule has 1 aromatic heterocycles. The Morgan fingerprint density at radius 3 is 2.22 bits per heavy atom. The highest BCUT2D eigenvalue weighted by Gasteiger charge is 2.39. The van der Waals surface area contributed by atoms with Crippen LogP contribution >= 0.6 is 0 Å². The van der Waals surface area contributed by atoms with Crippen LogP contribution in [0, 0.1) is 24.1 Å². The van der Waals surface area contributed by atoms with E-state index in [1.165, 1.54) is 11.0 Å². The van der Waals surface area contributed by atoms with Crippen LogP contribution in [-0.4, -0.2) is 101 Å². The molecular formula is C53H74F2N10O8. The van der Waals surface area contributed by atoms with Crippen molar-refractivity contribution >= 4 is 41.5 Å². The quantitative estimate of drug-likeness (QED) is 0.0237. The molecule has 0 fully saturated rings. The fourth-order valence-electron chi connectivity index (χ4n) is 8.03. The molecular weight excluding hydrogens is 943 g/mol. The fraction of sp³-hybridized carbons (Fsp3) is 0.491. The molecule has 398 valence electrons. The molecule has 1 heterocycles. The minimum absolute atomic E-state index is 0.0218. The maximum Gasteiger partial charge on any atom is 0.509 e. The van der Waals surface area contributed by atoms with E-state index < -0.39 is 78.6 Å². The molecule has 73 heavy (non-hydrogen) atoms. The molecule has 0 spiro atoms. The minimum Gasteiger partial charge on any atom is -0.429 e. The van der Waals surface area contributed by atoms with Crippen molar-refractivity contribution in [3.05, 3.63) is 107 Å². The fourth-order valence-corrected chi connectivity index (χ4v) is 8.03. The van der Waals surface area contributed by atoms with Gasteiger partial charge in [0.25, 0.3) is 5.91 Å². The average Bonchev–Trinajstić information content (AvgIpc) is 3.75. The molecule has 0 saturated heterocycles. The summed E-state index contributed by atoms with van der Waals surface area (Å²) in [6.45, 7) is 10.3. The highest BCUT2D eigenvalue weighted by atomic mass is 19.1. The summed E-state index contributed by atoms with van der Waals surface area (Å²) < 4.78 is 41.7. The van der Waals surface area contributed by atoms with Gasteiger partial charge in [-0.05, 0) is 92.3 Å². The van der Waals surface area contributed by atoms with E-state index in [0.29, 0.717) is 48.7 Å². The second-order valence-electron chi connectivity index (χ2n) is 19.5. The highest BCUT2D eigenvalue weighted by molar-refractivity contribution is 5.98. The van der Waals surface area contributed by atoms with Gasteiger partial charge in [0.15, 0.2) is 6.61 Å². The molecule has 4 atom stereocenters. The number of alkyl halides is 1. The summed E-state index contributed by atoms with van der Waals surface area (Å²) in [6, 6.07) is 16.2. The SMILES string of the molecule is Cc1ccc(F)c(-c2cn(Cc3ccccc3)c(C(N(CCC(N)CF)C(=O)COC(=O)OCc3ccc(NC(=O)C(CCCNC(N)=O)NC(=O)C(NC(=O)CCCCCN)C(C)C)cc3)C(C)(C)C)n2)c1. The first kappa shape index (κ1) is 58.6. The molecule has 4 aromatic rings. The van der Waals surface area contributed by atoms with E-state index in [4.69, 9.17) is 31.7 Å². The second-order valence-corrected chi connectivity index (χ2v) is 19.5. The number of aryl methyl sites for hydroxylation is 1. The molecule has 10 N–H and O–H groups in total. The number of hydrogen-bond acceptors (Lipinski definition) is 11. The number of amides is 6. The van der Waals surface area contributed by atoms with Crippen molar-refractivity contribution in [1.29, 1.82) is 0 Å². The standard InChI is InChI=1S/C53H74F2N10O8/c1-34(2)46(63-44(66)17-11-8-12-25-56)50(69)62-42(16-13-26-59-51(58)70)49(68)60-39-21-19-37(20-22-39)32-72-52(71)73-33-45(67)65(27-24-38(57)29-54)47(53(4,5)6)48-61-43(40-28-35(3)18-23-41(40)55)31-64(48)30-36-14-9-7-10-15-36/h7,9-10,14-15,18-23,28,31,34,38,42,46-47H,8,11-13,16-17,24-27,29-30,32-33,56-57H2,1-6H3,(H,60,68)(H,62,69)(H,63,66)(H3,58,59,70). The molecule has 4 rings (SSSR count). The van der Waals surface area contributed by atoms with Crippen molar-refractivity contribution < 1.29 is 47.0 Å². The Kier molecular flexibility index (Phi) is 23.2. The number of benzene rings is 3. The van der Waals surface area contributed by atoms with E-state index in [2.05, 4.69) is 21.3 Å². The Hall–Kier alpha value is -6.93. The van der Waals surface area contributed by atoms with Gasteiger partial charge in [-0.1, -0.05) is 95.1 Å². The van der Waals surface area contributed by atoms with Crippen LogP contribution < -0.4 is 38.5 Å². The molecule has 0 bridgehead atoms. The molecule has 0 aliphatic rings. The van der Waals surface area contributed by atoms with Gasteiger partial charge in [-0.2, -0.15) is 0 Å². The number of ether oxygens (including phenoxy) is 2. The van der Waals surface area contributed by atoms with Crippen LogP contribution in [0.1, 0.15) is 108 Å². The van der Waals surface area contributed by atoms with Gasteiger partial charge in [-0.25, -0.2) is 23.4 Å². The summed E-state index contributed by atoms with van der Waals surface area (Å²) in [5, 5.41) is 10.8. The zero-order valence-corrected chi connectivity index (χ0v) is 42.9. The topological polar surface area (TPSA) is 268 Å². The van der Waals surface area contributed by atoms with Gasteiger partial charge in [-0.15, -0.1) is 0 Å². The van der Waals surface area contributed by atoms with Gasteiger partial charge >= 0.3 is 12.2 Å². The van der Waals surface area contributed by atoms with E-state index in [0.717, 1.165) is 24.0 Å². The molecule has 0 aliphatic carbocycles. The lowest BCUT2D eigenvalue weighted by Gasteiger charge is -2.40. The van der Waals surface area contributed by atoms with Crippen molar-refractivity contribution in [3.63, 3.8) is 0 Å². The number of carbonyl (C=O) groups is 6. The molecule has 20 heteroatoms. The molecule has 18 nitrogen and oxygen atoms in total. The van der Waals surface area contributed by atoms with Crippen molar-refractivity contribution in [2.75, 3.05) is 38.2 Å². The normalized spacial score (nSPS) is 13.0. The Labute approximate surface area is 426 Å². The van der Waals surface area contributed by atoms with Crippen LogP contribution in [0.2, 0.25) is 0 Å². The highest BCUT2D eigenvalue weighted by Crippen LogP contribution is 2.40. The van der Waals surface area contributed by atoms with E-state index in [9.17, 15) is 33.2 Å². The van der Waals surface area contributed by atoms with Gasteiger partial charge < -0.3 is 57.4 Å². The zero-order chi connectivity index (χ0) is 53.7. The Morgan fingerprint density at radius 2 is 1.58 bits per heavy atom. The lowest BCUT2D eigenvalue weighted by Crippen LogP contribution is -2.54. The molecule has 4 unspecified atom stereocenters. The second kappa shape index (κ2) is 28.9. The number of unbranched alkanes of at least 4 members (excludes halogenated alkanes) is 2. The Balaban J connectivity index is 1.46. The zero-order valence-electron chi connectivity index (χ0n) is 42.9. The van der Waals surface area contributed by atoms with Crippen molar-refractivity contribution in [3.8, 4) is 11.3 Å². The number of nitrogens with one attached hydrogen (secondary N) is 4. The third-order valence-electron chi connectivity index (χ3n) is 11.9. The monoisotopic (exact) mass is 1020 g/mol. The van der Waals surface area contributed by atoms with E-state index in [1.807, 2.05) is 62.6 Å².